The SMILES string of the molecule is CCNC1CSCC1CCSC(F)(F)F. The van der Waals surface area contributed by atoms with Crippen LogP contribution in [0.5, 0.6) is 0 Å². The summed E-state index contributed by atoms with van der Waals surface area (Å²) in [7, 11) is 0. The predicted molar refractivity (Wildman–Crippen MR) is 61.4 cm³/mol. The number of halogens is 3. The van der Waals surface area contributed by atoms with Crippen LogP contribution in [0.25, 0.3) is 0 Å². The van der Waals surface area contributed by atoms with Gasteiger partial charge in [-0.1, -0.05) is 18.7 Å². The molecule has 0 aromatic carbocycles. The fraction of sp³-hybridized carbons (Fsp3) is 1.00. The molecule has 0 aliphatic carbocycles. The topological polar surface area (TPSA) is 12.0 Å². The Morgan fingerprint density at radius 1 is 1.40 bits per heavy atom. The second kappa shape index (κ2) is 6.25. The largest absolute Gasteiger partial charge is 0.441 e. The Hall–Kier alpha value is 0.450. The summed E-state index contributed by atoms with van der Waals surface area (Å²) in [5.74, 6) is 2.63. The molecule has 0 bridgehead atoms. The number of alkyl halides is 3. The lowest BCUT2D eigenvalue weighted by Gasteiger charge is -2.19. The van der Waals surface area contributed by atoms with Gasteiger partial charge in [-0.2, -0.15) is 24.9 Å². The zero-order valence-corrected chi connectivity index (χ0v) is 10.3. The quantitative estimate of drug-likeness (QED) is 0.815. The van der Waals surface area contributed by atoms with Gasteiger partial charge in [-0.25, -0.2) is 0 Å². The van der Waals surface area contributed by atoms with Gasteiger partial charge in [0.2, 0.25) is 0 Å². The lowest BCUT2D eigenvalue weighted by molar-refractivity contribution is -0.0328. The van der Waals surface area contributed by atoms with Gasteiger partial charge in [-0.05, 0) is 24.6 Å². The first-order chi connectivity index (χ1) is 7.03. The van der Waals surface area contributed by atoms with Crippen LogP contribution in [0, 0.1) is 5.92 Å². The monoisotopic (exact) mass is 259 g/mol. The van der Waals surface area contributed by atoms with E-state index in [0.717, 1.165) is 18.1 Å². The van der Waals surface area contributed by atoms with Crippen molar-refractivity contribution in [3.05, 3.63) is 0 Å². The van der Waals surface area contributed by atoms with E-state index >= 15 is 0 Å². The second-order valence-corrected chi connectivity index (χ2v) is 5.78. The smallest absolute Gasteiger partial charge is 0.313 e. The summed E-state index contributed by atoms with van der Waals surface area (Å²) in [4.78, 5) is 0. The minimum Gasteiger partial charge on any atom is -0.313 e. The molecule has 1 fully saturated rings. The molecule has 0 radical (unpaired) electrons. The van der Waals surface area contributed by atoms with Gasteiger partial charge >= 0.3 is 5.51 Å². The Morgan fingerprint density at radius 2 is 2.13 bits per heavy atom. The molecule has 0 aromatic heterocycles. The summed E-state index contributed by atoms with van der Waals surface area (Å²) in [6.45, 7) is 2.93. The minimum absolute atomic E-state index is 0.104. The second-order valence-electron chi connectivity index (χ2n) is 3.54. The van der Waals surface area contributed by atoms with Crippen LogP contribution in [-0.4, -0.2) is 35.4 Å². The molecule has 0 amide bonds. The van der Waals surface area contributed by atoms with E-state index in [9.17, 15) is 13.2 Å². The summed E-state index contributed by atoms with van der Waals surface area (Å²) in [5, 5.41) is 3.33. The molecule has 0 saturated carbocycles. The summed E-state index contributed by atoms with van der Waals surface area (Å²) in [5.41, 5.74) is -4.07. The van der Waals surface area contributed by atoms with E-state index in [2.05, 4.69) is 5.32 Å². The van der Waals surface area contributed by atoms with E-state index in [1.165, 1.54) is 0 Å². The number of hydrogen-bond acceptors (Lipinski definition) is 3. The minimum atomic E-state index is -4.07. The maximum absolute atomic E-state index is 11.9. The van der Waals surface area contributed by atoms with Gasteiger partial charge in [0.15, 0.2) is 0 Å². The van der Waals surface area contributed by atoms with Crippen LogP contribution in [0.1, 0.15) is 13.3 Å². The molecule has 1 saturated heterocycles. The molecule has 0 spiro atoms. The molecule has 1 aliphatic heterocycles. The molecule has 1 nitrogen and oxygen atoms in total. The van der Waals surface area contributed by atoms with Crippen molar-refractivity contribution in [2.45, 2.75) is 24.9 Å². The van der Waals surface area contributed by atoms with Crippen molar-refractivity contribution in [3.8, 4) is 0 Å². The Morgan fingerprint density at radius 3 is 2.73 bits per heavy atom. The van der Waals surface area contributed by atoms with Gasteiger partial charge in [-0.15, -0.1) is 0 Å². The maximum atomic E-state index is 11.9. The number of thioether (sulfide) groups is 2. The van der Waals surface area contributed by atoms with Gasteiger partial charge in [0.25, 0.3) is 0 Å². The molecule has 0 aromatic rings. The van der Waals surface area contributed by atoms with Gasteiger partial charge < -0.3 is 5.32 Å². The van der Waals surface area contributed by atoms with Crippen molar-refractivity contribution in [1.82, 2.24) is 5.32 Å². The third-order valence-electron chi connectivity index (χ3n) is 2.42. The predicted octanol–water partition coefficient (Wildman–Crippen LogP) is 2.97. The van der Waals surface area contributed by atoms with E-state index in [4.69, 9.17) is 0 Å². The molecular weight excluding hydrogens is 243 g/mol. The van der Waals surface area contributed by atoms with Gasteiger partial charge in [-0.3, -0.25) is 0 Å². The molecule has 1 aliphatic rings. The van der Waals surface area contributed by atoms with E-state index in [1.54, 1.807) is 0 Å². The fourth-order valence-corrected chi connectivity index (χ4v) is 3.83. The average molecular weight is 259 g/mol. The zero-order chi connectivity index (χ0) is 11.3. The third kappa shape index (κ3) is 5.36. The van der Waals surface area contributed by atoms with Gasteiger partial charge in [0, 0.05) is 17.5 Å². The first kappa shape index (κ1) is 13.5. The number of nitrogens with one attached hydrogen (secondary N) is 1. The van der Waals surface area contributed by atoms with Gasteiger partial charge in [0.05, 0.1) is 0 Å². The molecular formula is C9H16F3NS2. The summed E-state index contributed by atoms with van der Waals surface area (Å²) in [6.07, 6.45) is 0.662. The Labute approximate surface area is 96.9 Å². The first-order valence-corrected chi connectivity index (χ1v) is 7.18. The molecule has 6 heteroatoms. The van der Waals surface area contributed by atoms with Crippen molar-refractivity contribution in [2.75, 3.05) is 23.8 Å². The fourth-order valence-electron chi connectivity index (χ4n) is 1.70. The zero-order valence-electron chi connectivity index (χ0n) is 8.64. The Balaban J connectivity index is 2.20. The third-order valence-corrected chi connectivity index (χ3v) is 4.44. The molecule has 2 unspecified atom stereocenters. The molecule has 15 heavy (non-hydrogen) atoms. The van der Waals surface area contributed by atoms with E-state index in [1.807, 2.05) is 18.7 Å². The van der Waals surface area contributed by atoms with Crippen LogP contribution in [-0.2, 0) is 0 Å². The Bertz CT molecular complexity index is 187. The highest BCUT2D eigenvalue weighted by atomic mass is 32.2. The molecule has 1 heterocycles. The maximum Gasteiger partial charge on any atom is 0.441 e. The normalized spacial score (nSPS) is 27.2. The highest BCUT2D eigenvalue weighted by Gasteiger charge is 2.31. The van der Waals surface area contributed by atoms with Crippen LogP contribution in [0.3, 0.4) is 0 Å². The first-order valence-electron chi connectivity index (χ1n) is 5.04. The van der Waals surface area contributed by atoms with Crippen molar-refractivity contribution >= 4 is 23.5 Å². The van der Waals surface area contributed by atoms with Crippen LogP contribution < -0.4 is 5.32 Å². The summed E-state index contributed by atoms with van der Waals surface area (Å²) in [6, 6.07) is 0.411. The van der Waals surface area contributed by atoms with Crippen molar-refractivity contribution in [1.29, 1.82) is 0 Å². The highest BCUT2D eigenvalue weighted by molar-refractivity contribution is 8.00. The molecule has 90 valence electrons. The van der Waals surface area contributed by atoms with Crippen LogP contribution >= 0.6 is 23.5 Å². The lowest BCUT2D eigenvalue weighted by atomic mass is 10.0. The number of hydrogen-bond donors (Lipinski definition) is 1. The molecule has 1 rings (SSSR count). The standard InChI is InChI=1S/C9H16F3NS2/c1-2-13-8-6-14-5-7(8)3-4-15-9(10,11)12/h7-8,13H,2-6H2,1H3. The van der Waals surface area contributed by atoms with Crippen molar-refractivity contribution in [2.24, 2.45) is 5.92 Å². The van der Waals surface area contributed by atoms with Crippen LogP contribution in [0.15, 0.2) is 0 Å². The molecule has 2 atom stereocenters. The van der Waals surface area contributed by atoms with Crippen LogP contribution in [0.4, 0.5) is 13.2 Å². The van der Waals surface area contributed by atoms with Crippen molar-refractivity contribution < 1.29 is 13.2 Å². The van der Waals surface area contributed by atoms with Crippen molar-refractivity contribution in [3.63, 3.8) is 0 Å². The number of rotatable bonds is 5. The lowest BCUT2D eigenvalue weighted by Crippen LogP contribution is -2.35. The highest BCUT2D eigenvalue weighted by Crippen LogP contribution is 2.34. The van der Waals surface area contributed by atoms with E-state index in [0.29, 0.717) is 18.4 Å². The summed E-state index contributed by atoms with van der Waals surface area (Å²) < 4.78 is 35.8. The average Bonchev–Trinajstić information content (AvgIpc) is 2.51. The van der Waals surface area contributed by atoms with E-state index < -0.39 is 5.51 Å². The Kier molecular flexibility index (Phi) is 5.63. The van der Waals surface area contributed by atoms with E-state index in [-0.39, 0.29) is 17.5 Å². The summed E-state index contributed by atoms with van der Waals surface area (Å²) >= 11 is 1.94. The molecule has 1 N–H and O–H groups in total. The van der Waals surface area contributed by atoms with Crippen LogP contribution in [0.2, 0.25) is 0 Å². The van der Waals surface area contributed by atoms with Gasteiger partial charge in [0.1, 0.15) is 0 Å².